The molecule has 1 aromatic heterocycles. The number of nitrogens with zero attached hydrogens (tertiary/aromatic N) is 1. The van der Waals surface area contributed by atoms with Crippen molar-refractivity contribution in [3.63, 3.8) is 0 Å². The van der Waals surface area contributed by atoms with Gasteiger partial charge in [-0.3, -0.25) is 4.79 Å². The molecule has 25 heavy (non-hydrogen) atoms. The number of phenolic OH excluding ortho intramolecular Hbond substituents is 1. The number of H-pyrrole nitrogens is 1. The number of nitrogens with one attached hydrogen (secondary N) is 2. The summed E-state index contributed by atoms with van der Waals surface area (Å²) in [6.45, 7) is 1.07. The van der Waals surface area contributed by atoms with Crippen LogP contribution >= 0.6 is 22.6 Å². The van der Waals surface area contributed by atoms with E-state index in [-0.39, 0.29) is 17.5 Å². The van der Waals surface area contributed by atoms with E-state index in [1.165, 1.54) is 12.1 Å². The monoisotopic (exact) mass is 453 g/mol. The number of fused-ring (bicyclic) bond motifs is 1. The Hall–Kier alpha value is -2.29. The minimum Gasteiger partial charge on any atom is -0.508 e. The molecule has 0 fully saturated rings. The molecule has 0 aliphatic carbocycles. The molecule has 5 nitrogen and oxygen atoms in total. The minimum atomic E-state index is -0.365. The number of carbonyl (C=O) groups excluding carboxylic acids is 1. The van der Waals surface area contributed by atoms with Crippen LogP contribution in [-0.4, -0.2) is 38.5 Å². The zero-order chi connectivity index (χ0) is 17.8. The molecule has 0 unspecified atom stereocenters. The van der Waals surface area contributed by atoms with Crippen LogP contribution in [0.3, 0.4) is 0 Å². The number of aromatic amines is 1. The fourth-order valence-corrected chi connectivity index (χ4v) is 3.22. The molecule has 0 bridgehead atoms. The van der Waals surface area contributed by atoms with Crippen LogP contribution < -0.4 is 5.32 Å². The molecule has 3 aromatic rings. The van der Waals surface area contributed by atoms with E-state index < -0.39 is 0 Å². The smallest absolute Gasteiger partial charge is 0.256 e. The molecule has 0 saturated heterocycles. The normalized spacial score (nSPS) is 10.8. The van der Waals surface area contributed by atoms with E-state index in [0.29, 0.717) is 28.6 Å². The summed E-state index contributed by atoms with van der Waals surface area (Å²) in [6.07, 6.45) is 1.62. The van der Waals surface area contributed by atoms with Crippen molar-refractivity contribution < 1.29 is 14.3 Å². The second-order valence-corrected chi connectivity index (χ2v) is 6.24. The van der Waals surface area contributed by atoms with Gasteiger partial charge in [-0.05, 0) is 42.5 Å². The first-order valence-electron chi connectivity index (χ1n) is 7.73. The third-order valence-corrected chi connectivity index (χ3v) is 4.71. The topological polar surface area (TPSA) is 68.4 Å². The van der Waals surface area contributed by atoms with Crippen LogP contribution in [0, 0.1) is 5.82 Å². The third kappa shape index (κ3) is 4.04. The predicted molar refractivity (Wildman–Crippen MR) is 105 cm³/mol. The number of hydrogen-bond acceptors (Lipinski definition) is 3. The SMILES string of the molecule is O=C(c1c[nH]c2ccc(F)cc12)N(CI)CCNc1ccc(O)cc1. The van der Waals surface area contributed by atoms with E-state index in [9.17, 15) is 14.3 Å². The molecule has 0 aliphatic rings. The Labute approximate surface area is 158 Å². The molecule has 2 aromatic carbocycles. The first kappa shape index (κ1) is 17.5. The Bertz CT molecular complexity index is 880. The summed E-state index contributed by atoms with van der Waals surface area (Å²) in [7, 11) is 0. The van der Waals surface area contributed by atoms with Crippen molar-refractivity contribution in [1.29, 1.82) is 0 Å². The summed E-state index contributed by atoms with van der Waals surface area (Å²) < 4.78 is 14.0. The van der Waals surface area contributed by atoms with Gasteiger partial charge in [-0.15, -0.1) is 0 Å². The summed E-state index contributed by atoms with van der Waals surface area (Å²) in [5.74, 6) is -0.295. The van der Waals surface area contributed by atoms with Gasteiger partial charge in [0.2, 0.25) is 0 Å². The lowest BCUT2D eigenvalue weighted by Gasteiger charge is -2.20. The van der Waals surface area contributed by atoms with E-state index in [1.54, 1.807) is 41.4 Å². The lowest BCUT2D eigenvalue weighted by atomic mass is 10.1. The summed E-state index contributed by atoms with van der Waals surface area (Å²) >= 11 is 2.14. The van der Waals surface area contributed by atoms with Crippen LogP contribution in [-0.2, 0) is 0 Å². The maximum absolute atomic E-state index is 13.5. The van der Waals surface area contributed by atoms with Gasteiger partial charge in [-0.1, -0.05) is 22.6 Å². The second kappa shape index (κ2) is 7.73. The van der Waals surface area contributed by atoms with E-state index in [2.05, 4.69) is 32.9 Å². The van der Waals surface area contributed by atoms with Gasteiger partial charge in [-0.2, -0.15) is 0 Å². The number of phenols is 1. The molecule has 0 atom stereocenters. The van der Waals surface area contributed by atoms with E-state index in [0.717, 1.165) is 11.2 Å². The largest absolute Gasteiger partial charge is 0.508 e. The highest BCUT2D eigenvalue weighted by atomic mass is 127. The van der Waals surface area contributed by atoms with Gasteiger partial charge in [0, 0.05) is 35.9 Å². The zero-order valence-electron chi connectivity index (χ0n) is 13.3. The number of amides is 1. The van der Waals surface area contributed by atoms with Gasteiger partial charge >= 0.3 is 0 Å². The zero-order valence-corrected chi connectivity index (χ0v) is 15.5. The van der Waals surface area contributed by atoms with Crippen molar-refractivity contribution in [2.75, 3.05) is 23.0 Å². The molecule has 130 valence electrons. The highest BCUT2D eigenvalue weighted by Crippen LogP contribution is 2.21. The van der Waals surface area contributed by atoms with Crippen LogP contribution in [0.4, 0.5) is 10.1 Å². The van der Waals surface area contributed by atoms with Gasteiger partial charge < -0.3 is 20.3 Å². The molecule has 3 rings (SSSR count). The highest BCUT2D eigenvalue weighted by Gasteiger charge is 2.18. The molecular formula is C18H17FIN3O2. The van der Waals surface area contributed by atoms with Crippen molar-refractivity contribution in [1.82, 2.24) is 9.88 Å². The number of benzene rings is 2. The summed E-state index contributed by atoms with van der Waals surface area (Å²) in [4.78, 5) is 17.5. The lowest BCUT2D eigenvalue weighted by molar-refractivity contribution is 0.0798. The van der Waals surface area contributed by atoms with E-state index in [4.69, 9.17) is 0 Å². The van der Waals surface area contributed by atoms with Crippen LogP contribution in [0.15, 0.2) is 48.7 Å². The molecule has 0 spiro atoms. The number of aromatic nitrogens is 1. The highest BCUT2D eigenvalue weighted by molar-refractivity contribution is 14.1. The Balaban J connectivity index is 1.68. The number of aromatic hydroxyl groups is 1. The Kier molecular flexibility index (Phi) is 5.42. The predicted octanol–water partition coefficient (Wildman–Crippen LogP) is 3.96. The van der Waals surface area contributed by atoms with Crippen LogP contribution in [0.25, 0.3) is 10.9 Å². The standard InChI is InChI=1S/C18H17FIN3O2/c19-12-1-6-17-15(9-12)16(10-22-17)18(25)23(11-20)8-7-21-13-2-4-14(24)5-3-13/h1-6,9-10,21-22,24H,7-8,11H2. The molecular weight excluding hydrogens is 436 g/mol. The fourth-order valence-electron chi connectivity index (χ4n) is 2.57. The molecule has 1 amide bonds. The van der Waals surface area contributed by atoms with Crippen molar-refractivity contribution >= 4 is 45.1 Å². The molecule has 3 N–H and O–H groups in total. The Morgan fingerprint density at radius 2 is 2.00 bits per heavy atom. The number of rotatable bonds is 6. The number of alkyl halides is 1. The van der Waals surface area contributed by atoms with Crippen molar-refractivity contribution in [3.8, 4) is 5.75 Å². The minimum absolute atomic E-state index is 0.140. The number of anilines is 1. The first-order valence-corrected chi connectivity index (χ1v) is 9.26. The maximum Gasteiger partial charge on any atom is 0.256 e. The number of carbonyl (C=O) groups is 1. The number of halogens is 2. The van der Waals surface area contributed by atoms with Gasteiger partial charge in [0.1, 0.15) is 11.6 Å². The Morgan fingerprint density at radius 3 is 2.72 bits per heavy atom. The summed E-state index contributed by atoms with van der Waals surface area (Å²) in [5, 5.41) is 13.1. The molecule has 1 heterocycles. The second-order valence-electron chi connectivity index (χ2n) is 5.55. The van der Waals surface area contributed by atoms with Crippen LogP contribution in [0.5, 0.6) is 5.75 Å². The summed E-state index contributed by atoms with van der Waals surface area (Å²) in [6, 6.07) is 11.1. The molecule has 0 radical (unpaired) electrons. The van der Waals surface area contributed by atoms with Crippen LogP contribution in [0.1, 0.15) is 10.4 Å². The third-order valence-electron chi connectivity index (χ3n) is 3.88. The summed E-state index contributed by atoms with van der Waals surface area (Å²) in [5.41, 5.74) is 2.07. The first-order chi connectivity index (χ1) is 12.1. The molecule has 7 heteroatoms. The maximum atomic E-state index is 13.5. The number of hydrogen-bond donors (Lipinski definition) is 3. The van der Waals surface area contributed by atoms with Gasteiger partial charge in [-0.25, -0.2) is 4.39 Å². The van der Waals surface area contributed by atoms with E-state index in [1.807, 2.05) is 0 Å². The quantitative estimate of drug-likeness (QED) is 0.229. The average molecular weight is 453 g/mol. The van der Waals surface area contributed by atoms with Gasteiger partial charge in [0.25, 0.3) is 5.91 Å². The Morgan fingerprint density at radius 1 is 1.24 bits per heavy atom. The van der Waals surface area contributed by atoms with Crippen molar-refractivity contribution in [2.45, 2.75) is 0 Å². The van der Waals surface area contributed by atoms with E-state index >= 15 is 0 Å². The van der Waals surface area contributed by atoms with Gasteiger partial charge in [0.05, 0.1) is 10.1 Å². The van der Waals surface area contributed by atoms with Crippen molar-refractivity contribution in [2.24, 2.45) is 0 Å². The molecule has 0 saturated carbocycles. The lowest BCUT2D eigenvalue weighted by Crippen LogP contribution is -2.33. The van der Waals surface area contributed by atoms with Gasteiger partial charge in [0.15, 0.2) is 0 Å². The van der Waals surface area contributed by atoms with Crippen molar-refractivity contribution in [3.05, 3.63) is 60.0 Å². The molecule has 0 aliphatic heterocycles. The van der Waals surface area contributed by atoms with Crippen LogP contribution in [0.2, 0.25) is 0 Å². The fraction of sp³-hybridized carbons (Fsp3) is 0.167. The average Bonchev–Trinajstić information content (AvgIpc) is 3.03.